The Hall–Kier alpha value is -2.77. The SMILES string of the molecule is Cc1cccc(NC(=O)C(NS(=O)(=O)c2ccc3ccccc3c2)C(C)C)n1. The molecule has 0 spiro atoms. The van der Waals surface area contributed by atoms with Crippen LogP contribution in [0.5, 0.6) is 0 Å². The van der Waals surface area contributed by atoms with Crippen LogP contribution in [0.25, 0.3) is 10.8 Å². The molecule has 1 heterocycles. The van der Waals surface area contributed by atoms with Crippen LogP contribution in [0.2, 0.25) is 0 Å². The number of rotatable bonds is 6. The molecule has 2 N–H and O–H groups in total. The van der Waals surface area contributed by atoms with Crippen LogP contribution >= 0.6 is 0 Å². The number of anilines is 1. The molecule has 3 rings (SSSR count). The van der Waals surface area contributed by atoms with Crippen LogP contribution in [0.3, 0.4) is 0 Å². The fourth-order valence-corrected chi connectivity index (χ4v) is 4.26. The Labute approximate surface area is 165 Å². The van der Waals surface area contributed by atoms with Gasteiger partial charge in [0.15, 0.2) is 0 Å². The highest BCUT2D eigenvalue weighted by Gasteiger charge is 2.28. The van der Waals surface area contributed by atoms with Crippen molar-refractivity contribution in [3.63, 3.8) is 0 Å². The van der Waals surface area contributed by atoms with E-state index < -0.39 is 22.0 Å². The Kier molecular flexibility index (Phi) is 5.76. The van der Waals surface area contributed by atoms with Crippen molar-refractivity contribution in [1.29, 1.82) is 0 Å². The number of pyridine rings is 1. The Morgan fingerprint density at radius 1 is 0.964 bits per heavy atom. The van der Waals surface area contributed by atoms with E-state index in [1.807, 2.05) is 37.3 Å². The van der Waals surface area contributed by atoms with Crippen LogP contribution in [0, 0.1) is 12.8 Å². The highest BCUT2D eigenvalue weighted by atomic mass is 32.2. The number of carbonyl (C=O) groups excluding carboxylic acids is 1. The third-order valence-corrected chi connectivity index (χ3v) is 5.84. The molecule has 0 bridgehead atoms. The predicted octanol–water partition coefficient (Wildman–Crippen LogP) is 3.48. The van der Waals surface area contributed by atoms with Crippen molar-refractivity contribution in [2.45, 2.75) is 31.7 Å². The zero-order valence-electron chi connectivity index (χ0n) is 16.0. The lowest BCUT2D eigenvalue weighted by molar-refractivity contribution is -0.118. The molecule has 1 amide bonds. The van der Waals surface area contributed by atoms with Crippen LogP contribution in [0.4, 0.5) is 5.82 Å². The van der Waals surface area contributed by atoms with Gasteiger partial charge in [-0.15, -0.1) is 0 Å². The van der Waals surface area contributed by atoms with Gasteiger partial charge in [-0.2, -0.15) is 4.72 Å². The normalized spacial score (nSPS) is 12.9. The van der Waals surface area contributed by atoms with Gasteiger partial charge in [-0.25, -0.2) is 13.4 Å². The minimum atomic E-state index is -3.87. The van der Waals surface area contributed by atoms with Crippen LogP contribution in [-0.2, 0) is 14.8 Å². The Balaban J connectivity index is 1.84. The summed E-state index contributed by atoms with van der Waals surface area (Å²) in [5.74, 6) is -0.307. The van der Waals surface area contributed by atoms with Gasteiger partial charge in [0, 0.05) is 5.69 Å². The smallest absolute Gasteiger partial charge is 0.243 e. The monoisotopic (exact) mass is 397 g/mol. The van der Waals surface area contributed by atoms with Crippen molar-refractivity contribution in [2.75, 3.05) is 5.32 Å². The lowest BCUT2D eigenvalue weighted by Crippen LogP contribution is -2.47. The molecule has 0 saturated heterocycles. The molecular weight excluding hydrogens is 374 g/mol. The molecule has 1 unspecified atom stereocenters. The molecule has 2 aromatic carbocycles. The van der Waals surface area contributed by atoms with Gasteiger partial charge < -0.3 is 5.32 Å². The van der Waals surface area contributed by atoms with E-state index in [1.54, 1.807) is 44.2 Å². The maximum atomic E-state index is 12.9. The Morgan fingerprint density at radius 2 is 1.68 bits per heavy atom. The van der Waals surface area contributed by atoms with Crippen molar-refractivity contribution >= 4 is 32.5 Å². The highest BCUT2D eigenvalue weighted by Crippen LogP contribution is 2.20. The zero-order chi connectivity index (χ0) is 20.3. The van der Waals surface area contributed by atoms with Crippen molar-refractivity contribution < 1.29 is 13.2 Å². The Bertz CT molecular complexity index is 1110. The molecular formula is C21H23N3O3S. The fourth-order valence-electron chi connectivity index (χ4n) is 2.88. The molecule has 7 heteroatoms. The van der Waals surface area contributed by atoms with Crippen molar-refractivity contribution in [3.8, 4) is 0 Å². The average Bonchev–Trinajstić information content (AvgIpc) is 2.65. The molecule has 28 heavy (non-hydrogen) atoms. The van der Waals surface area contributed by atoms with E-state index in [1.165, 1.54) is 0 Å². The number of nitrogens with zero attached hydrogens (tertiary/aromatic N) is 1. The quantitative estimate of drug-likeness (QED) is 0.666. The first kappa shape index (κ1) is 20.0. The topological polar surface area (TPSA) is 88.2 Å². The minimum absolute atomic E-state index is 0.123. The summed E-state index contributed by atoms with van der Waals surface area (Å²) in [7, 11) is -3.87. The van der Waals surface area contributed by atoms with Gasteiger partial charge in [-0.1, -0.05) is 50.2 Å². The number of aryl methyl sites for hydroxylation is 1. The predicted molar refractivity (Wildman–Crippen MR) is 110 cm³/mol. The van der Waals surface area contributed by atoms with E-state index >= 15 is 0 Å². The number of nitrogens with one attached hydrogen (secondary N) is 2. The first-order chi connectivity index (χ1) is 13.3. The fraction of sp³-hybridized carbons (Fsp3) is 0.238. The zero-order valence-corrected chi connectivity index (χ0v) is 16.8. The van der Waals surface area contributed by atoms with E-state index in [4.69, 9.17) is 0 Å². The van der Waals surface area contributed by atoms with Gasteiger partial charge in [-0.3, -0.25) is 4.79 Å². The van der Waals surface area contributed by atoms with E-state index in [2.05, 4.69) is 15.0 Å². The van der Waals surface area contributed by atoms with Crippen LogP contribution in [0.15, 0.2) is 65.6 Å². The second-order valence-electron chi connectivity index (χ2n) is 7.01. The molecule has 0 aliphatic carbocycles. The summed E-state index contributed by atoms with van der Waals surface area (Å²) in [5, 5.41) is 4.46. The summed E-state index contributed by atoms with van der Waals surface area (Å²) >= 11 is 0. The second kappa shape index (κ2) is 8.08. The second-order valence-corrected chi connectivity index (χ2v) is 8.72. The molecule has 146 valence electrons. The van der Waals surface area contributed by atoms with Crippen molar-refractivity contribution in [1.82, 2.24) is 9.71 Å². The van der Waals surface area contributed by atoms with E-state index in [9.17, 15) is 13.2 Å². The number of sulfonamides is 1. The molecule has 1 aromatic heterocycles. The van der Waals surface area contributed by atoms with E-state index in [0.29, 0.717) is 5.82 Å². The van der Waals surface area contributed by atoms with Gasteiger partial charge in [0.25, 0.3) is 0 Å². The molecule has 0 aliphatic heterocycles. The number of carbonyl (C=O) groups is 1. The number of fused-ring (bicyclic) bond motifs is 1. The maximum Gasteiger partial charge on any atom is 0.243 e. The summed E-state index contributed by atoms with van der Waals surface area (Å²) < 4.78 is 28.3. The largest absolute Gasteiger partial charge is 0.309 e. The third-order valence-electron chi connectivity index (χ3n) is 4.40. The van der Waals surface area contributed by atoms with Crippen LogP contribution < -0.4 is 10.0 Å². The number of hydrogen-bond donors (Lipinski definition) is 2. The first-order valence-corrected chi connectivity index (χ1v) is 10.5. The molecule has 0 aliphatic rings. The van der Waals surface area contributed by atoms with E-state index in [0.717, 1.165) is 16.5 Å². The number of hydrogen-bond acceptors (Lipinski definition) is 4. The summed E-state index contributed by atoms with van der Waals surface area (Å²) in [5.41, 5.74) is 0.760. The molecule has 0 fully saturated rings. The van der Waals surface area contributed by atoms with Crippen LogP contribution in [-0.4, -0.2) is 25.4 Å². The van der Waals surface area contributed by atoms with Crippen LogP contribution in [0.1, 0.15) is 19.5 Å². The minimum Gasteiger partial charge on any atom is -0.309 e. The molecule has 6 nitrogen and oxygen atoms in total. The standard InChI is InChI=1S/C21H23N3O3S/c1-14(2)20(21(25)23-19-10-6-7-15(3)22-19)24-28(26,27)18-12-11-16-8-4-5-9-17(16)13-18/h4-14,20,24H,1-3H3,(H,22,23,25). The third kappa shape index (κ3) is 4.55. The molecule has 1 atom stereocenters. The van der Waals surface area contributed by atoms with Gasteiger partial charge >= 0.3 is 0 Å². The number of aromatic nitrogens is 1. The van der Waals surface area contributed by atoms with Gasteiger partial charge in [-0.05, 0) is 47.9 Å². The lowest BCUT2D eigenvalue weighted by Gasteiger charge is -2.21. The lowest BCUT2D eigenvalue weighted by atomic mass is 10.1. The van der Waals surface area contributed by atoms with Crippen molar-refractivity contribution in [2.24, 2.45) is 5.92 Å². The summed E-state index contributed by atoms with van der Waals surface area (Å²) in [4.78, 5) is 17.1. The van der Waals surface area contributed by atoms with Gasteiger partial charge in [0.1, 0.15) is 11.9 Å². The van der Waals surface area contributed by atoms with E-state index in [-0.39, 0.29) is 10.8 Å². The summed E-state index contributed by atoms with van der Waals surface area (Å²) in [6, 6.07) is 16.8. The van der Waals surface area contributed by atoms with Gasteiger partial charge in [0.2, 0.25) is 15.9 Å². The van der Waals surface area contributed by atoms with Crippen molar-refractivity contribution in [3.05, 3.63) is 66.4 Å². The molecule has 0 saturated carbocycles. The molecule has 3 aromatic rings. The summed E-state index contributed by atoms with van der Waals surface area (Å²) in [6.45, 7) is 5.39. The summed E-state index contributed by atoms with van der Waals surface area (Å²) in [6.07, 6.45) is 0. The maximum absolute atomic E-state index is 12.9. The number of amides is 1. The Morgan fingerprint density at radius 3 is 2.36 bits per heavy atom. The first-order valence-electron chi connectivity index (χ1n) is 9.02. The average molecular weight is 398 g/mol. The molecule has 0 radical (unpaired) electrons. The van der Waals surface area contributed by atoms with Gasteiger partial charge in [0.05, 0.1) is 4.90 Å². The number of benzene rings is 2. The highest BCUT2D eigenvalue weighted by molar-refractivity contribution is 7.89.